The predicted octanol–water partition coefficient (Wildman–Crippen LogP) is 1.85. The van der Waals surface area contributed by atoms with E-state index in [1.807, 2.05) is 0 Å². The largest absolute Gasteiger partial charge is 0.444 e. The van der Waals surface area contributed by atoms with Gasteiger partial charge in [0.1, 0.15) is 5.60 Å². The van der Waals surface area contributed by atoms with E-state index in [1.54, 1.807) is 27.7 Å². The first-order chi connectivity index (χ1) is 9.03. The maximum absolute atomic E-state index is 12.3. The van der Waals surface area contributed by atoms with Crippen molar-refractivity contribution in [2.45, 2.75) is 58.8 Å². The number of aliphatic hydroxyl groups is 1. The summed E-state index contributed by atoms with van der Waals surface area (Å²) in [6.07, 6.45) is -3.73. The van der Waals surface area contributed by atoms with Gasteiger partial charge in [-0.1, -0.05) is 0 Å². The molecule has 0 radical (unpaired) electrons. The van der Waals surface area contributed by atoms with Crippen LogP contribution in [0.1, 0.15) is 34.6 Å². The van der Waals surface area contributed by atoms with Crippen molar-refractivity contribution in [3.8, 4) is 0 Å². The molecule has 120 valence electrons. The molecule has 0 aliphatic rings. The summed E-state index contributed by atoms with van der Waals surface area (Å²) in [4.78, 5) is 13.2. The summed E-state index contributed by atoms with van der Waals surface area (Å²) in [5, 5.41) is 12.0. The number of nitrogens with zero attached hydrogens (tertiary/aromatic N) is 1. The van der Waals surface area contributed by atoms with E-state index in [0.717, 1.165) is 0 Å². The number of nitrogens with one attached hydrogen (secondary N) is 1. The van der Waals surface area contributed by atoms with E-state index in [4.69, 9.17) is 4.74 Å². The van der Waals surface area contributed by atoms with Gasteiger partial charge in [-0.25, -0.2) is 13.6 Å². The Morgan fingerprint density at radius 2 is 1.90 bits per heavy atom. The molecule has 2 unspecified atom stereocenters. The third-order valence-corrected chi connectivity index (χ3v) is 2.36. The van der Waals surface area contributed by atoms with Crippen LogP contribution >= 0.6 is 0 Å². The molecule has 0 aromatic rings. The van der Waals surface area contributed by atoms with Crippen LogP contribution in [0.25, 0.3) is 0 Å². The fourth-order valence-corrected chi connectivity index (χ4v) is 1.42. The molecule has 0 aliphatic carbocycles. The average molecular weight is 296 g/mol. The normalized spacial score (nSPS) is 15.1. The summed E-state index contributed by atoms with van der Waals surface area (Å²) in [5.41, 5.74) is -0.641. The van der Waals surface area contributed by atoms with Gasteiger partial charge in [0, 0.05) is 19.6 Å². The van der Waals surface area contributed by atoms with Crippen LogP contribution in [0.3, 0.4) is 0 Å². The Balaban J connectivity index is 4.39. The number of rotatable bonds is 7. The van der Waals surface area contributed by atoms with E-state index in [0.29, 0.717) is 0 Å². The minimum atomic E-state index is -2.46. The fraction of sp³-hybridized carbons (Fsp3) is 0.923. The third-order valence-electron chi connectivity index (χ3n) is 2.36. The molecule has 1 amide bonds. The van der Waals surface area contributed by atoms with Gasteiger partial charge in [0.25, 0.3) is 6.43 Å². The monoisotopic (exact) mass is 296 g/mol. The van der Waals surface area contributed by atoms with Crippen molar-refractivity contribution in [2.24, 2.45) is 0 Å². The maximum Gasteiger partial charge on any atom is 0.410 e. The van der Waals surface area contributed by atoms with Gasteiger partial charge in [-0.2, -0.15) is 0 Å². The molecule has 20 heavy (non-hydrogen) atoms. The summed E-state index contributed by atoms with van der Waals surface area (Å²) in [5.74, 6) is 0. The van der Waals surface area contributed by atoms with Gasteiger partial charge < -0.3 is 20.1 Å². The van der Waals surface area contributed by atoms with Crippen molar-refractivity contribution in [2.75, 3.05) is 19.6 Å². The predicted molar refractivity (Wildman–Crippen MR) is 73.0 cm³/mol. The molecular formula is C13H26F2N2O3. The summed E-state index contributed by atoms with van der Waals surface area (Å²) in [7, 11) is 0. The van der Waals surface area contributed by atoms with Gasteiger partial charge in [0.05, 0.1) is 12.1 Å². The minimum Gasteiger partial charge on any atom is -0.444 e. The van der Waals surface area contributed by atoms with Crippen LogP contribution in [0.15, 0.2) is 0 Å². The molecule has 0 saturated carbocycles. The third kappa shape index (κ3) is 9.03. The Labute approximate surface area is 119 Å². The Hall–Kier alpha value is -0.950. The minimum absolute atomic E-state index is 0.0969. The first kappa shape index (κ1) is 19.1. The highest BCUT2D eigenvalue weighted by Gasteiger charge is 2.23. The molecule has 0 bridgehead atoms. The second-order valence-corrected chi connectivity index (χ2v) is 5.85. The molecule has 2 N–H and O–H groups in total. The van der Waals surface area contributed by atoms with E-state index in [-0.39, 0.29) is 19.6 Å². The van der Waals surface area contributed by atoms with Crippen LogP contribution in [-0.4, -0.2) is 59.9 Å². The zero-order chi connectivity index (χ0) is 15.9. The van der Waals surface area contributed by atoms with Gasteiger partial charge in [0.15, 0.2) is 0 Å². The Kier molecular flexibility index (Phi) is 7.96. The molecule has 5 nitrogen and oxygen atoms in total. The lowest BCUT2D eigenvalue weighted by Crippen LogP contribution is -2.45. The number of hydrogen-bond acceptors (Lipinski definition) is 4. The number of carbonyl (C=O) groups excluding carboxylic acids is 1. The van der Waals surface area contributed by atoms with Crippen LogP contribution in [-0.2, 0) is 4.74 Å². The van der Waals surface area contributed by atoms with Gasteiger partial charge in [-0.3, -0.25) is 0 Å². The van der Waals surface area contributed by atoms with E-state index in [2.05, 4.69) is 5.32 Å². The molecule has 2 atom stereocenters. The lowest BCUT2D eigenvalue weighted by Gasteiger charge is -2.28. The topological polar surface area (TPSA) is 61.8 Å². The number of hydrogen-bond donors (Lipinski definition) is 2. The highest BCUT2D eigenvalue weighted by atomic mass is 19.3. The van der Waals surface area contributed by atoms with Crippen LogP contribution < -0.4 is 5.32 Å². The number of amides is 1. The lowest BCUT2D eigenvalue weighted by atomic mass is 10.2. The number of alkyl halides is 2. The molecule has 0 spiro atoms. The van der Waals surface area contributed by atoms with Crippen LogP contribution in [0.2, 0.25) is 0 Å². The summed E-state index contributed by atoms with van der Waals surface area (Å²) >= 11 is 0. The standard InChI is InChI=1S/C13H26F2N2O3/c1-9(18)8-17(12(19)20-13(3,4)5)7-6-16-10(2)11(14)15/h9-11,16,18H,6-8H2,1-5H3. The molecule has 0 aromatic heterocycles. The van der Waals surface area contributed by atoms with Crippen LogP contribution in [0, 0.1) is 0 Å². The number of halogens is 2. The van der Waals surface area contributed by atoms with Gasteiger partial charge in [-0.15, -0.1) is 0 Å². The second kappa shape index (κ2) is 8.36. The Morgan fingerprint density at radius 1 is 1.35 bits per heavy atom. The van der Waals surface area contributed by atoms with E-state index >= 15 is 0 Å². The van der Waals surface area contributed by atoms with Gasteiger partial charge in [0.2, 0.25) is 0 Å². The average Bonchev–Trinajstić information content (AvgIpc) is 2.24. The van der Waals surface area contributed by atoms with Crippen molar-refractivity contribution in [1.29, 1.82) is 0 Å². The molecular weight excluding hydrogens is 270 g/mol. The lowest BCUT2D eigenvalue weighted by molar-refractivity contribution is 0.0158. The van der Waals surface area contributed by atoms with Crippen molar-refractivity contribution in [1.82, 2.24) is 10.2 Å². The maximum atomic E-state index is 12.3. The Morgan fingerprint density at radius 3 is 2.30 bits per heavy atom. The highest BCUT2D eigenvalue weighted by molar-refractivity contribution is 5.68. The first-order valence-electron chi connectivity index (χ1n) is 6.70. The highest BCUT2D eigenvalue weighted by Crippen LogP contribution is 2.10. The van der Waals surface area contributed by atoms with E-state index in [1.165, 1.54) is 11.8 Å². The molecule has 0 aliphatic heterocycles. The van der Waals surface area contributed by atoms with Crippen molar-refractivity contribution >= 4 is 6.09 Å². The van der Waals surface area contributed by atoms with Gasteiger partial charge >= 0.3 is 6.09 Å². The van der Waals surface area contributed by atoms with Gasteiger partial charge in [-0.05, 0) is 34.6 Å². The zero-order valence-corrected chi connectivity index (χ0v) is 12.8. The fourth-order valence-electron chi connectivity index (χ4n) is 1.42. The zero-order valence-electron chi connectivity index (χ0n) is 12.8. The second-order valence-electron chi connectivity index (χ2n) is 5.85. The molecule has 7 heteroatoms. The van der Waals surface area contributed by atoms with Crippen LogP contribution in [0.5, 0.6) is 0 Å². The molecule has 0 saturated heterocycles. The first-order valence-corrected chi connectivity index (χ1v) is 6.70. The smallest absolute Gasteiger partial charge is 0.410 e. The molecule has 0 heterocycles. The van der Waals surface area contributed by atoms with Crippen LogP contribution in [0.4, 0.5) is 13.6 Å². The van der Waals surface area contributed by atoms with Crippen molar-refractivity contribution in [3.05, 3.63) is 0 Å². The summed E-state index contributed by atoms with van der Waals surface area (Å²) in [6, 6.07) is -0.943. The number of carbonyl (C=O) groups is 1. The summed E-state index contributed by atoms with van der Waals surface area (Å²) < 4.78 is 29.9. The molecule has 0 rings (SSSR count). The number of ether oxygens (including phenoxy) is 1. The van der Waals surface area contributed by atoms with Crippen molar-refractivity contribution in [3.63, 3.8) is 0 Å². The molecule has 0 fully saturated rings. The quantitative estimate of drug-likeness (QED) is 0.752. The van der Waals surface area contributed by atoms with E-state index in [9.17, 15) is 18.7 Å². The SMILES string of the molecule is CC(O)CN(CCNC(C)C(F)F)C(=O)OC(C)(C)C. The van der Waals surface area contributed by atoms with E-state index < -0.39 is 30.3 Å². The molecule has 0 aromatic carbocycles. The van der Waals surface area contributed by atoms with Crippen molar-refractivity contribution < 1.29 is 23.4 Å². The number of aliphatic hydroxyl groups excluding tert-OH is 1. The summed E-state index contributed by atoms with van der Waals surface area (Å²) in [6.45, 7) is 8.63. The Bertz CT molecular complexity index is 294.